The molecule has 1 N–H and O–H groups in total. The third-order valence-electron chi connectivity index (χ3n) is 4.21. The normalized spacial score (nSPS) is 14.9. The molecule has 0 saturated carbocycles. The van der Waals surface area contributed by atoms with Gasteiger partial charge in [0, 0.05) is 12.7 Å². The number of carbonyl (C=O) groups is 2. The quantitative estimate of drug-likeness (QED) is 0.798. The number of ether oxygens (including phenoxy) is 2. The van der Waals surface area contributed by atoms with Crippen LogP contribution in [-0.2, 0) is 16.0 Å². The molecule has 0 spiro atoms. The fourth-order valence-corrected chi connectivity index (χ4v) is 2.82. The molecule has 6 nitrogen and oxygen atoms in total. The number of benzene rings is 2. The maximum atomic E-state index is 12.5. The standard InChI is InChI=1S/C21H22N2O4/c1-3-20(24)22-16-8-6-7-15(11-16)12-21(25)23(2)13-17-14-26-18-9-4-5-10-19(18)27-17/h3-11,17H,1,12-14H2,2H3,(H,22,24). The minimum Gasteiger partial charge on any atom is -0.486 e. The number of nitrogens with zero attached hydrogens (tertiary/aromatic N) is 1. The lowest BCUT2D eigenvalue weighted by Crippen LogP contribution is -2.42. The average molecular weight is 366 g/mol. The van der Waals surface area contributed by atoms with Crippen LogP contribution in [0, 0.1) is 0 Å². The van der Waals surface area contributed by atoms with E-state index in [4.69, 9.17) is 9.47 Å². The van der Waals surface area contributed by atoms with Gasteiger partial charge in [-0.1, -0.05) is 30.8 Å². The van der Waals surface area contributed by atoms with Crippen LogP contribution >= 0.6 is 0 Å². The minimum absolute atomic E-state index is 0.0374. The second-order valence-corrected chi connectivity index (χ2v) is 6.34. The lowest BCUT2D eigenvalue weighted by molar-refractivity contribution is -0.130. The van der Waals surface area contributed by atoms with E-state index >= 15 is 0 Å². The van der Waals surface area contributed by atoms with Gasteiger partial charge in [0.2, 0.25) is 11.8 Å². The fraction of sp³-hybridized carbons (Fsp3) is 0.238. The molecule has 1 unspecified atom stereocenters. The average Bonchev–Trinajstić information content (AvgIpc) is 2.68. The van der Waals surface area contributed by atoms with Crippen molar-refractivity contribution in [1.29, 1.82) is 0 Å². The molecule has 0 aliphatic carbocycles. The lowest BCUT2D eigenvalue weighted by Gasteiger charge is -2.29. The van der Waals surface area contributed by atoms with Crippen molar-refractivity contribution in [1.82, 2.24) is 4.90 Å². The first kappa shape index (κ1) is 18.5. The highest BCUT2D eigenvalue weighted by Gasteiger charge is 2.23. The van der Waals surface area contributed by atoms with E-state index in [1.165, 1.54) is 6.08 Å². The molecule has 1 atom stereocenters. The van der Waals surface area contributed by atoms with Gasteiger partial charge in [0.25, 0.3) is 0 Å². The molecule has 2 aromatic rings. The Labute approximate surface area is 158 Å². The van der Waals surface area contributed by atoms with E-state index < -0.39 is 0 Å². The Bertz CT molecular complexity index is 850. The zero-order valence-corrected chi connectivity index (χ0v) is 15.2. The third-order valence-corrected chi connectivity index (χ3v) is 4.21. The van der Waals surface area contributed by atoms with Crippen LogP contribution < -0.4 is 14.8 Å². The summed E-state index contributed by atoms with van der Waals surface area (Å²) in [6.07, 6.45) is 1.22. The van der Waals surface area contributed by atoms with Crippen molar-refractivity contribution in [2.45, 2.75) is 12.5 Å². The van der Waals surface area contributed by atoms with Gasteiger partial charge in [-0.2, -0.15) is 0 Å². The largest absolute Gasteiger partial charge is 0.486 e. The maximum Gasteiger partial charge on any atom is 0.247 e. The number of rotatable bonds is 6. The molecular formula is C21H22N2O4. The molecule has 1 heterocycles. The SMILES string of the molecule is C=CC(=O)Nc1cccc(CC(=O)N(C)CC2COc3ccccc3O2)c1. The van der Waals surface area contributed by atoms with Gasteiger partial charge in [-0.05, 0) is 35.9 Å². The highest BCUT2D eigenvalue weighted by molar-refractivity contribution is 5.98. The molecule has 27 heavy (non-hydrogen) atoms. The molecule has 1 aliphatic heterocycles. The van der Waals surface area contributed by atoms with Crippen molar-refractivity contribution >= 4 is 17.5 Å². The molecule has 2 aromatic carbocycles. The Morgan fingerprint density at radius 3 is 2.78 bits per heavy atom. The summed E-state index contributed by atoms with van der Waals surface area (Å²) in [5.74, 6) is 1.09. The first-order valence-electron chi connectivity index (χ1n) is 8.70. The zero-order valence-electron chi connectivity index (χ0n) is 15.2. The number of carbonyl (C=O) groups excluding carboxylic acids is 2. The first-order valence-corrected chi connectivity index (χ1v) is 8.70. The molecule has 0 aromatic heterocycles. The summed E-state index contributed by atoms with van der Waals surface area (Å²) in [5.41, 5.74) is 1.45. The highest BCUT2D eigenvalue weighted by atomic mass is 16.6. The minimum atomic E-state index is -0.287. The summed E-state index contributed by atoms with van der Waals surface area (Å²) in [4.78, 5) is 25.6. The van der Waals surface area contributed by atoms with Gasteiger partial charge in [-0.3, -0.25) is 9.59 Å². The summed E-state index contributed by atoms with van der Waals surface area (Å²) < 4.78 is 11.6. The van der Waals surface area contributed by atoms with Crippen molar-refractivity contribution in [3.8, 4) is 11.5 Å². The van der Waals surface area contributed by atoms with Crippen LogP contribution in [0.3, 0.4) is 0 Å². The Balaban J connectivity index is 1.56. The van der Waals surface area contributed by atoms with Crippen molar-refractivity contribution in [3.05, 3.63) is 66.7 Å². The number of para-hydroxylation sites is 2. The zero-order chi connectivity index (χ0) is 19.2. The van der Waals surface area contributed by atoms with Crippen molar-refractivity contribution < 1.29 is 19.1 Å². The van der Waals surface area contributed by atoms with Crippen LogP contribution in [0.25, 0.3) is 0 Å². The molecule has 0 bridgehead atoms. The van der Waals surface area contributed by atoms with Gasteiger partial charge < -0.3 is 19.7 Å². The second-order valence-electron chi connectivity index (χ2n) is 6.34. The fourth-order valence-electron chi connectivity index (χ4n) is 2.82. The predicted molar refractivity (Wildman–Crippen MR) is 103 cm³/mol. The smallest absolute Gasteiger partial charge is 0.247 e. The number of amides is 2. The summed E-state index contributed by atoms with van der Waals surface area (Å²) in [6, 6.07) is 14.7. The van der Waals surface area contributed by atoms with Crippen LogP contribution in [0.5, 0.6) is 11.5 Å². The van der Waals surface area contributed by atoms with Crippen LogP contribution in [0.15, 0.2) is 61.2 Å². The van der Waals surface area contributed by atoms with E-state index in [-0.39, 0.29) is 24.3 Å². The number of likely N-dealkylation sites (N-methyl/N-ethyl adjacent to an activating group) is 1. The number of hydrogen-bond acceptors (Lipinski definition) is 4. The van der Waals surface area contributed by atoms with E-state index in [9.17, 15) is 9.59 Å². The topological polar surface area (TPSA) is 67.9 Å². The van der Waals surface area contributed by atoms with Crippen molar-refractivity contribution in [3.63, 3.8) is 0 Å². The number of fused-ring (bicyclic) bond motifs is 1. The van der Waals surface area contributed by atoms with Crippen molar-refractivity contribution in [2.75, 3.05) is 25.5 Å². The Hall–Kier alpha value is -3.28. The lowest BCUT2D eigenvalue weighted by atomic mass is 10.1. The first-order chi connectivity index (χ1) is 13.0. The van der Waals surface area contributed by atoms with Crippen LogP contribution in [0.4, 0.5) is 5.69 Å². The molecule has 0 fully saturated rings. The summed E-state index contributed by atoms with van der Waals surface area (Å²) in [6.45, 7) is 4.26. The summed E-state index contributed by atoms with van der Waals surface area (Å²) in [7, 11) is 1.75. The van der Waals surface area contributed by atoms with Gasteiger partial charge in [0.15, 0.2) is 17.6 Å². The summed E-state index contributed by atoms with van der Waals surface area (Å²) >= 11 is 0. The number of anilines is 1. The van der Waals surface area contributed by atoms with Gasteiger partial charge in [0.1, 0.15) is 6.61 Å². The summed E-state index contributed by atoms with van der Waals surface area (Å²) in [5, 5.41) is 2.69. The molecule has 3 rings (SSSR count). The molecule has 1 aliphatic rings. The highest BCUT2D eigenvalue weighted by Crippen LogP contribution is 2.30. The Morgan fingerprint density at radius 2 is 2.00 bits per heavy atom. The van der Waals surface area contributed by atoms with E-state index in [1.807, 2.05) is 30.3 Å². The maximum absolute atomic E-state index is 12.5. The monoisotopic (exact) mass is 366 g/mol. The van der Waals surface area contributed by atoms with Crippen molar-refractivity contribution in [2.24, 2.45) is 0 Å². The van der Waals surface area contributed by atoms with E-state index in [2.05, 4.69) is 11.9 Å². The van der Waals surface area contributed by atoms with Gasteiger partial charge in [-0.25, -0.2) is 0 Å². The molecule has 2 amide bonds. The molecule has 0 radical (unpaired) electrons. The molecule has 140 valence electrons. The van der Waals surface area contributed by atoms with E-state index in [1.54, 1.807) is 30.1 Å². The number of nitrogens with one attached hydrogen (secondary N) is 1. The molecule has 6 heteroatoms. The van der Waals surface area contributed by atoms with Crippen LogP contribution in [0.2, 0.25) is 0 Å². The van der Waals surface area contributed by atoms with E-state index in [0.717, 1.165) is 11.3 Å². The van der Waals surface area contributed by atoms with Crippen LogP contribution in [-0.4, -0.2) is 43.0 Å². The predicted octanol–water partition coefficient (Wildman–Crippen LogP) is 2.65. The number of hydrogen-bond donors (Lipinski definition) is 1. The molecular weight excluding hydrogens is 344 g/mol. The van der Waals surface area contributed by atoms with Crippen LogP contribution in [0.1, 0.15) is 5.56 Å². The third kappa shape index (κ3) is 4.88. The molecule has 0 saturated heterocycles. The van der Waals surface area contributed by atoms with Gasteiger partial charge in [-0.15, -0.1) is 0 Å². The Morgan fingerprint density at radius 1 is 1.22 bits per heavy atom. The van der Waals surface area contributed by atoms with Gasteiger partial charge >= 0.3 is 0 Å². The Kier molecular flexibility index (Phi) is 5.76. The van der Waals surface area contributed by atoms with E-state index in [0.29, 0.717) is 24.6 Å². The van der Waals surface area contributed by atoms with Gasteiger partial charge in [0.05, 0.1) is 13.0 Å². The second kappa shape index (κ2) is 8.40.